The molecule has 64 valence electrons. The molecule has 0 saturated heterocycles. The van der Waals surface area contributed by atoms with E-state index >= 15 is 0 Å². The van der Waals surface area contributed by atoms with E-state index in [2.05, 4.69) is 4.99 Å². The number of aliphatic imine (C=N–C) groups is 1. The van der Waals surface area contributed by atoms with Crippen LogP contribution in [0.2, 0.25) is 0 Å². The Labute approximate surface area is 72.1 Å². The Balaban J connectivity index is 2.58. The van der Waals surface area contributed by atoms with Crippen LogP contribution >= 0.6 is 0 Å². The Morgan fingerprint density at radius 2 is 2.00 bits per heavy atom. The van der Waals surface area contributed by atoms with Gasteiger partial charge in [0.05, 0.1) is 0 Å². The Morgan fingerprint density at radius 3 is 2.58 bits per heavy atom. The molecule has 1 atom stereocenters. The molecule has 1 rings (SSSR count). The van der Waals surface area contributed by atoms with E-state index in [9.17, 15) is 0 Å². The summed E-state index contributed by atoms with van der Waals surface area (Å²) in [5, 5.41) is 0. The summed E-state index contributed by atoms with van der Waals surface area (Å²) >= 11 is 0. The second-order valence-electron chi connectivity index (χ2n) is 2.49. The number of nitrogens with zero attached hydrogens (tertiary/aromatic N) is 1. The topological polar surface area (TPSA) is 64.4 Å². The van der Waals surface area contributed by atoms with Crippen molar-refractivity contribution < 1.29 is 0 Å². The lowest BCUT2D eigenvalue weighted by Gasteiger charge is -1.99. The molecule has 0 saturated carbocycles. The third-order valence-corrected chi connectivity index (χ3v) is 1.46. The summed E-state index contributed by atoms with van der Waals surface area (Å²) in [5.41, 5.74) is 11.8. The molecule has 0 aliphatic carbocycles. The fourth-order valence-corrected chi connectivity index (χ4v) is 0.782. The first-order valence-electron chi connectivity index (χ1n) is 3.87. The zero-order valence-electron chi connectivity index (χ0n) is 6.85. The number of hydrogen-bond acceptors (Lipinski definition) is 3. The lowest BCUT2D eigenvalue weighted by Crippen LogP contribution is -2.27. The van der Waals surface area contributed by atoms with Crippen molar-refractivity contribution in [3.63, 3.8) is 0 Å². The molecule has 0 heterocycles. The first-order chi connectivity index (χ1) is 5.83. The number of nitrogens with two attached hydrogens (primary N) is 2. The Bertz CT molecular complexity index is 243. The zero-order chi connectivity index (χ0) is 8.81. The normalized spacial score (nSPS) is 13.5. The second-order valence-corrected chi connectivity index (χ2v) is 2.49. The van der Waals surface area contributed by atoms with Gasteiger partial charge in [-0.2, -0.15) is 0 Å². The van der Waals surface area contributed by atoms with Gasteiger partial charge in [-0.25, -0.2) is 0 Å². The van der Waals surface area contributed by atoms with Gasteiger partial charge in [-0.05, 0) is 5.56 Å². The summed E-state index contributed by atoms with van der Waals surface area (Å²) in [7, 11) is 0. The van der Waals surface area contributed by atoms with Crippen molar-refractivity contribution in [1.29, 1.82) is 0 Å². The number of hydrogen-bond donors (Lipinski definition) is 2. The molecule has 12 heavy (non-hydrogen) atoms. The van der Waals surface area contributed by atoms with Gasteiger partial charge in [0.2, 0.25) is 0 Å². The Kier molecular flexibility index (Phi) is 3.44. The predicted octanol–water partition coefficient (Wildman–Crippen LogP) is 0.349. The van der Waals surface area contributed by atoms with Crippen LogP contribution in [0, 0.1) is 0 Å². The highest BCUT2D eigenvalue weighted by molar-refractivity contribution is 5.79. The maximum Gasteiger partial charge on any atom is 0.109 e. The van der Waals surface area contributed by atoms with E-state index in [0.717, 1.165) is 5.56 Å². The smallest absolute Gasteiger partial charge is 0.109 e. The van der Waals surface area contributed by atoms with Crippen molar-refractivity contribution >= 4 is 6.21 Å². The van der Waals surface area contributed by atoms with Crippen molar-refractivity contribution in [1.82, 2.24) is 0 Å². The molecule has 0 aliphatic rings. The van der Waals surface area contributed by atoms with Crippen molar-refractivity contribution in [2.75, 3.05) is 6.54 Å². The van der Waals surface area contributed by atoms with Crippen LogP contribution in [0.3, 0.4) is 0 Å². The highest BCUT2D eigenvalue weighted by Crippen LogP contribution is 1.94. The van der Waals surface area contributed by atoms with Gasteiger partial charge in [-0.15, -0.1) is 0 Å². The van der Waals surface area contributed by atoms with Gasteiger partial charge in [0.25, 0.3) is 0 Å². The molecule has 1 aromatic rings. The van der Waals surface area contributed by atoms with E-state index in [1.165, 1.54) is 0 Å². The Morgan fingerprint density at radius 1 is 1.33 bits per heavy atom. The highest BCUT2D eigenvalue weighted by atomic mass is 15.0. The number of benzene rings is 1. The van der Waals surface area contributed by atoms with Crippen LogP contribution in [0.5, 0.6) is 0 Å². The summed E-state index contributed by atoms with van der Waals surface area (Å²) in [4.78, 5) is 4.04. The molecule has 0 spiro atoms. The van der Waals surface area contributed by atoms with E-state index in [1.54, 1.807) is 6.21 Å². The van der Waals surface area contributed by atoms with E-state index < -0.39 is 0 Å². The first kappa shape index (κ1) is 8.90. The van der Waals surface area contributed by atoms with E-state index in [-0.39, 0.29) is 6.17 Å². The van der Waals surface area contributed by atoms with Gasteiger partial charge in [0.15, 0.2) is 0 Å². The average molecular weight is 163 g/mol. The van der Waals surface area contributed by atoms with Crippen LogP contribution in [-0.2, 0) is 0 Å². The second kappa shape index (κ2) is 4.64. The predicted molar refractivity (Wildman–Crippen MR) is 51.1 cm³/mol. The minimum atomic E-state index is -0.287. The van der Waals surface area contributed by atoms with Gasteiger partial charge in [-0.1, -0.05) is 30.3 Å². The van der Waals surface area contributed by atoms with E-state index in [0.29, 0.717) is 6.54 Å². The fraction of sp³-hybridized carbons (Fsp3) is 0.222. The molecule has 0 fully saturated rings. The maximum absolute atomic E-state index is 5.50. The molecule has 1 unspecified atom stereocenters. The fourth-order valence-electron chi connectivity index (χ4n) is 0.782. The molecule has 4 N–H and O–H groups in total. The summed E-state index contributed by atoms with van der Waals surface area (Å²) in [6, 6.07) is 9.80. The average Bonchev–Trinajstić information content (AvgIpc) is 2.16. The molecule has 3 nitrogen and oxygen atoms in total. The standard InChI is InChI=1S/C9H13N3/c10-6-9(11)12-7-8-4-2-1-3-5-8/h1-5,7,9H,6,10-11H2. The van der Waals surface area contributed by atoms with Crippen molar-refractivity contribution in [2.45, 2.75) is 6.17 Å². The molecule has 0 aromatic heterocycles. The van der Waals surface area contributed by atoms with Crippen LogP contribution in [0.4, 0.5) is 0 Å². The molecule has 1 aromatic carbocycles. The highest BCUT2D eigenvalue weighted by Gasteiger charge is 1.91. The van der Waals surface area contributed by atoms with Crippen molar-refractivity contribution in [3.8, 4) is 0 Å². The van der Waals surface area contributed by atoms with Crippen LogP contribution in [0.15, 0.2) is 35.3 Å². The third-order valence-electron chi connectivity index (χ3n) is 1.46. The minimum absolute atomic E-state index is 0.287. The van der Waals surface area contributed by atoms with Gasteiger partial charge >= 0.3 is 0 Å². The molecule has 0 amide bonds. The van der Waals surface area contributed by atoms with Gasteiger partial charge in [0, 0.05) is 12.8 Å². The summed E-state index contributed by atoms with van der Waals surface area (Å²) in [5.74, 6) is 0. The minimum Gasteiger partial charge on any atom is -0.327 e. The first-order valence-corrected chi connectivity index (χ1v) is 3.87. The van der Waals surface area contributed by atoms with Crippen LogP contribution in [0.1, 0.15) is 5.56 Å². The molecular formula is C9H13N3. The molecule has 0 aliphatic heterocycles. The van der Waals surface area contributed by atoms with Crippen LogP contribution in [-0.4, -0.2) is 18.9 Å². The molecular weight excluding hydrogens is 150 g/mol. The number of rotatable bonds is 3. The zero-order valence-corrected chi connectivity index (χ0v) is 6.85. The van der Waals surface area contributed by atoms with Gasteiger partial charge in [0.1, 0.15) is 6.17 Å². The van der Waals surface area contributed by atoms with Gasteiger partial charge < -0.3 is 11.5 Å². The van der Waals surface area contributed by atoms with Crippen LogP contribution < -0.4 is 11.5 Å². The quantitative estimate of drug-likeness (QED) is 0.631. The summed E-state index contributed by atoms with van der Waals surface area (Å²) in [6.45, 7) is 0.378. The van der Waals surface area contributed by atoms with Gasteiger partial charge in [-0.3, -0.25) is 4.99 Å². The van der Waals surface area contributed by atoms with Crippen molar-refractivity contribution in [3.05, 3.63) is 35.9 Å². The third kappa shape index (κ3) is 2.82. The summed E-state index contributed by atoms with van der Waals surface area (Å²) < 4.78 is 0. The molecule has 3 heteroatoms. The van der Waals surface area contributed by atoms with Crippen molar-refractivity contribution in [2.24, 2.45) is 16.5 Å². The maximum atomic E-state index is 5.50. The lowest BCUT2D eigenvalue weighted by atomic mass is 10.2. The monoisotopic (exact) mass is 163 g/mol. The largest absolute Gasteiger partial charge is 0.327 e. The lowest BCUT2D eigenvalue weighted by molar-refractivity contribution is 0.723. The van der Waals surface area contributed by atoms with Crippen LogP contribution in [0.25, 0.3) is 0 Å². The molecule has 0 bridgehead atoms. The SMILES string of the molecule is NCC(N)N=Cc1ccccc1. The molecule has 0 radical (unpaired) electrons. The van der Waals surface area contributed by atoms with E-state index in [1.807, 2.05) is 30.3 Å². The van der Waals surface area contributed by atoms with E-state index in [4.69, 9.17) is 11.5 Å². The summed E-state index contributed by atoms with van der Waals surface area (Å²) in [6.07, 6.45) is 1.45. The Hall–Kier alpha value is -1.19.